The van der Waals surface area contributed by atoms with Crippen LogP contribution in [-0.2, 0) is 16.6 Å². The molecule has 0 aliphatic rings. The molecule has 1 aromatic carbocycles. The number of aryl methyl sites for hydroxylation is 1. The SMILES string of the molecule is CC(NC(=O)C(C)(C)C)C(=O)NC(c1cccc(F)c1)c1nccn1C. The maximum Gasteiger partial charge on any atom is 0.243 e. The van der Waals surface area contributed by atoms with E-state index in [2.05, 4.69) is 15.6 Å². The zero-order valence-electron chi connectivity index (χ0n) is 15.7. The molecule has 1 heterocycles. The smallest absolute Gasteiger partial charge is 0.243 e. The molecule has 0 saturated carbocycles. The van der Waals surface area contributed by atoms with E-state index in [0.29, 0.717) is 11.4 Å². The Labute approximate surface area is 152 Å². The monoisotopic (exact) mass is 360 g/mol. The molecule has 2 N–H and O–H groups in total. The van der Waals surface area contributed by atoms with Crippen molar-refractivity contribution in [1.29, 1.82) is 0 Å². The summed E-state index contributed by atoms with van der Waals surface area (Å²) in [5.41, 5.74) is -0.0297. The largest absolute Gasteiger partial charge is 0.344 e. The number of amides is 2. The first kappa shape index (κ1) is 19.6. The number of imidazole rings is 1. The Kier molecular flexibility index (Phi) is 5.79. The summed E-state index contributed by atoms with van der Waals surface area (Å²) < 4.78 is 15.4. The van der Waals surface area contributed by atoms with E-state index in [0.717, 1.165) is 0 Å². The van der Waals surface area contributed by atoms with Crippen LogP contribution in [0, 0.1) is 11.2 Å². The molecular formula is C19H25FN4O2. The molecule has 0 saturated heterocycles. The number of hydrogen-bond acceptors (Lipinski definition) is 3. The van der Waals surface area contributed by atoms with Gasteiger partial charge in [-0.15, -0.1) is 0 Å². The van der Waals surface area contributed by atoms with Crippen LogP contribution in [0.3, 0.4) is 0 Å². The third-order valence-corrected chi connectivity index (χ3v) is 4.01. The summed E-state index contributed by atoms with van der Waals surface area (Å²) in [5.74, 6) is -0.428. The lowest BCUT2D eigenvalue weighted by Gasteiger charge is -2.24. The van der Waals surface area contributed by atoms with Gasteiger partial charge in [-0.25, -0.2) is 9.37 Å². The zero-order chi connectivity index (χ0) is 19.5. The summed E-state index contributed by atoms with van der Waals surface area (Å²) >= 11 is 0. The van der Waals surface area contributed by atoms with Crippen LogP contribution < -0.4 is 10.6 Å². The van der Waals surface area contributed by atoms with E-state index in [1.54, 1.807) is 63.8 Å². The Morgan fingerprint density at radius 3 is 2.46 bits per heavy atom. The predicted octanol–water partition coefficient (Wildman–Crippen LogP) is 2.32. The van der Waals surface area contributed by atoms with Gasteiger partial charge in [-0.2, -0.15) is 0 Å². The molecule has 2 aromatic rings. The minimum Gasteiger partial charge on any atom is -0.344 e. The van der Waals surface area contributed by atoms with Crippen molar-refractivity contribution >= 4 is 11.8 Å². The molecule has 0 aliphatic carbocycles. The molecule has 0 fully saturated rings. The number of carbonyl (C=O) groups is 2. The first-order valence-electron chi connectivity index (χ1n) is 8.43. The van der Waals surface area contributed by atoms with Crippen molar-refractivity contribution in [2.24, 2.45) is 12.5 Å². The molecular weight excluding hydrogens is 335 g/mol. The fourth-order valence-corrected chi connectivity index (χ4v) is 2.38. The number of benzene rings is 1. The minimum absolute atomic E-state index is 0.223. The van der Waals surface area contributed by atoms with Gasteiger partial charge in [0, 0.05) is 24.9 Å². The molecule has 0 bridgehead atoms. The van der Waals surface area contributed by atoms with Crippen molar-refractivity contribution in [2.45, 2.75) is 39.8 Å². The van der Waals surface area contributed by atoms with Gasteiger partial charge in [0.05, 0.1) is 0 Å². The Balaban J connectivity index is 2.23. The summed E-state index contributed by atoms with van der Waals surface area (Å²) in [7, 11) is 1.80. The number of carbonyl (C=O) groups excluding carboxylic acids is 2. The van der Waals surface area contributed by atoms with Crippen molar-refractivity contribution < 1.29 is 14.0 Å². The normalized spacial score (nSPS) is 13.8. The molecule has 26 heavy (non-hydrogen) atoms. The molecule has 2 rings (SSSR count). The average molecular weight is 360 g/mol. The van der Waals surface area contributed by atoms with E-state index in [-0.39, 0.29) is 11.8 Å². The highest BCUT2D eigenvalue weighted by Gasteiger charge is 2.28. The predicted molar refractivity (Wildman–Crippen MR) is 96.7 cm³/mol. The first-order valence-corrected chi connectivity index (χ1v) is 8.43. The number of rotatable bonds is 5. The molecule has 0 radical (unpaired) electrons. The second-order valence-corrected chi connectivity index (χ2v) is 7.34. The van der Waals surface area contributed by atoms with Crippen LogP contribution in [0.4, 0.5) is 4.39 Å². The lowest BCUT2D eigenvalue weighted by molar-refractivity contribution is -0.133. The van der Waals surface area contributed by atoms with Crippen molar-refractivity contribution in [2.75, 3.05) is 0 Å². The average Bonchev–Trinajstić information content (AvgIpc) is 2.97. The van der Waals surface area contributed by atoms with Crippen molar-refractivity contribution in [1.82, 2.24) is 20.2 Å². The van der Waals surface area contributed by atoms with Gasteiger partial charge in [-0.05, 0) is 24.6 Å². The Morgan fingerprint density at radius 1 is 1.23 bits per heavy atom. The molecule has 2 amide bonds. The van der Waals surface area contributed by atoms with E-state index in [1.165, 1.54) is 12.1 Å². The number of halogens is 1. The topological polar surface area (TPSA) is 76.0 Å². The van der Waals surface area contributed by atoms with Gasteiger partial charge >= 0.3 is 0 Å². The lowest BCUT2D eigenvalue weighted by atomic mass is 9.95. The van der Waals surface area contributed by atoms with E-state index in [9.17, 15) is 14.0 Å². The van der Waals surface area contributed by atoms with Crippen LogP contribution in [0.15, 0.2) is 36.7 Å². The molecule has 0 aliphatic heterocycles. The zero-order valence-corrected chi connectivity index (χ0v) is 15.7. The molecule has 140 valence electrons. The van der Waals surface area contributed by atoms with E-state index >= 15 is 0 Å². The standard InChI is InChI=1S/C19H25FN4O2/c1-12(22-18(26)19(2,3)4)17(25)23-15(16-21-9-10-24(16)5)13-7-6-8-14(20)11-13/h6-12,15H,1-5H3,(H,22,26)(H,23,25). The quantitative estimate of drug-likeness (QED) is 0.859. The van der Waals surface area contributed by atoms with Gasteiger partial charge in [0.2, 0.25) is 11.8 Å². The van der Waals surface area contributed by atoms with Gasteiger partial charge in [-0.1, -0.05) is 32.9 Å². The highest BCUT2D eigenvalue weighted by molar-refractivity contribution is 5.89. The summed E-state index contributed by atoms with van der Waals surface area (Å²) in [5, 5.41) is 5.55. The number of nitrogens with zero attached hydrogens (tertiary/aromatic N) is 2. The van der Waals surface area contributed by atoms with Crippen LogP contribution in [0.25, 0.3) is 0 Å². The van der Waals surface area contributed by atoms with Crippen molar-refractivity contribution in [3.63, 3.8) is 0 Å². The van der Waals surface area contributed by atoms with Crippen LogP contribution in [0.5, 0.6) is 0 Å². The Morgan fingerprint density at radius 2 is 1.92 bits per heavy atom. The van der Waals surface area contributed by atoms with Gasteiger partial charge in [0.25, 0.3) is 0 Å². The molecule has 7 heteroatoms. The molecule has 2 atom stereocenters. The fraction of sp³-hybridized carbons (Fsp3) is 0.421. The van der Waals surface area contributed by atoms with E-state index in [4.69, 9.17) is 0 Å². The summed E-state index contributed by atoms with van der Waals surface area (Å²) in [6, 6.07) is 4.63. The first-order chi connectivity index (χ1) is 12.1. The van der Waals surface area contributed by atoms with Crippen LogP contribution in [0.2, 0.25) is 0 Å². The number of hydrogen-bond donors (Lipinski definition) is 2. The van der Waals surface area contributed by atoms with Gasteiger partial charge in [-0.3, -0.25) is 9.59 Å². The third-order valence-electron chi connectivity index (χ3n) is 4.01. The van der Waals surface area contributed by atoms with Crippen molar-refractivity contribution in [3.05, 3.63) is 53.9 Å². The van der Waals surface area contributed by atoms with Crippen LogP contribution in [-0.4, -0.2) is 27.4 Å². The maximum atomic E-state index is 13.7. The highest BCUT2D eigenvalue weighted by atomic mass is 19.1. The molecule has 0 spiro atoms. The van der Waals surface area contributed by atoms with E-state index in [1.807, 2.05) is 0 Å². The molecule has 1 aromatic heterocycles. The van der Waals surface area contributed by atoms with Gasteiger partial charge in [0.1, 0.15) is 23.7 Å². The second-order valence-electron chi connectivity index (χ2n) is 7.34. The fourth-order valence-electron chi connectivity index (χ4n) is 2.38. The number of aromatic nitrogens is 2. The third kappa shape index (κ3) is 4.68. The summed E-state index contributed by atoms with van der Waals surface area (Å²) in [6.07, 6.45) is 3.36. The van der Waals surface area contributed by atoms with Gasteiger partial charge < -0.3 is 15.2 Å². The van der Waals surface area contributed by atoms with Gasteiger partial charge in [0.15, 0.2) is 0 Å². The highest BCUT2D eigenvalue weighted by Crippen LogP contribution is 2.21. The van der Waals surface area contributed by atoms with Crippen LogP contribution >= 0.6 is 0 Å². The minimum atomic E-state index is -0.738. The van der Waals surface area contributed by atoms with Crippen molar-refractivity contribution in [3.8, 4) is 0 Å². The second kappa shape index (κ2) is 7.68. The lowest BCUT2D eigenvalue weighted by Crippen LogP contribution is -2.49. The summed E-state index contributed by atoms with van der Waals surface area (Å²) in [4.78, 5) is 29.0. The summed E-state index contributed by atoms with van der Waals surface area (Å²) in [6.45, 7) is 6.93. The maximum absolute atomic E-state index is 13.7. The van der Waals surface area contributed by atoms with E-state index < -0.39 is 23.3 Å². The Bertz CT molecular complexity index is 795. The van der Waals surface area contributed by atoms with Crippen LogP contribution in [0.1, 0.15) is 45.1 Å². The Hall–Kier alpha value is -2.70. The molecule has 2 unspecified atom stereocenters. The molecule has 6 nitrogen and oxygen atoms in total. The number of nitrogens with one attached hydrogen (secondary N) is 2.